The number of para-hydroxylation sites is 1. The molecule has 3 N–H and O–H groups in total. The summed E-state index contributed by atoms with van der Waals surface area (Å²) in [6.45, 7) is 4.50. The molecule has 1 aliphatic heterocycles. The Morgan fingerprint density at radius 1 is 1.44 bits per heavy atom. The van der Waals surface area contributed by atoms with E-state index in [1.165, 1.54) is 24.1 Å². The minimum Gasteiger partial charge on any atom is -0.515 e. The van der Waals surface area contributed by atoms with Gasteiger partial charge in [-0.1, -0.05) is 24.3 Å². The second-order valence-corrected chi connectivity index (χ2v) is 6.69. The Morgan fingerprint density at radius 3 is 2.89 bits per heavy atom. The van der Waals surface area contributed by atoms with Gasteiger partial charge >= 0.3 is 5.97 Å². The zero-order valence-electron chi connectivity index (χ0n) is 15.3. The summed E-state index contributed by atoms with van der Waals surface area (Å²) in [4.78, 5) is 27.2. The predicted octanol–water partition coefficient (Wildman–Crippen LogP) is 2.98. The van der Waals surface area contributed by atoms with Crippen LogP contribution in [0.25, 0.3) is 10.9 Å². The lowest BCUT2D eigenvalue weighted by atomic mass is 9.80. The molecule has 0 amide bonds. The topological polar surface area (TPSA) is 91.4 Å². The van der Waals surface area contributed by atoms with Gasteiger partial charge in [-0.25, -0.2) is 4.79 Å². The number of nitrogens with one attached hydrogen (secondary N) is 2. The summed E-state index contributed by atoms with van der Waals surface area (Å²) in [5.74, 6) is -1.81. The van der Waals surface area contributed by atoms with E-state index < -0.39 is 17.8 Å². The number of aliphatic hydroxyl groups excluding tert-OH is 1. The van der Waals surface area contributed by atoms with E-state index in [2.05, 4.69) is 22.9 Å². The molecule has 0 bridgehead atoms. The summed E-state index contributed by atoms with van der Waals surface area (Å²) < 4.78 is 4.78. The summed E-state index contributed by atoms with van der Waals surface area (Å²) in [5, 5.41) is 14.3. The molecule has 6 nitrogen and oxygen atoms in total. The Labute approximate surface area is 157 Å². The quantitative estimate of drug-likeness (QED) is 0.230. The van der Waals surface area contributed by atoms with Crippen LogP contribution in [0.2, 0.25) is 0 Å². The van der Waals surface area contributed by atoms with Crippen LogP contribution >= 0.6 is 0 Å². The van der Waals surface area contributed by atoms with Gasteiger partial charge in [0.1, 0.15) is 6.29 Å². The van der Waals surface area contributed by atoms with Crippen LogP contribution in [0.15, 0.2) is 48.8 Å². The van der Waals surface area contributed by atoms with Crippen molar-refractivity contribution in [3.05, 3.63) is 60.0 Å². The van der Waals surface area contributed by atoms with Crippen molar-refractivity contribution in [2.45, 2.75) is 18.9 Å². The lowest BCUT2D eigenvalue weighted by molar-refractivity contribution is -0.137. The molecule has 2 heterocycles. The van der Waals surface area contributed by atoms with Crippen molar-refractivity contribution in [3.63, 3.8) is 0 Å². The molecule has 0 saturated carbocycles. The Morgan fingerprint density at radius 2 is 2.22 bits per heavy atom. The smallest absolute Gasteiger partial charge is 0.337 e. The van der Waals surface area contributed by atoms with Crippen LogP contribution < -0.4 is 5.32 Å². The molecular formula is C21H24N2O4. The molecule has 0 radical (unpaired) electrons. The summed E-state index contributed by atoms with van der Waals surface area (Å²) in [6.07, 6.45) is 4.33. The predicted molar refractivity (Wildman–Crippen MR) is 103 cm³/mol. The van der Waals surface area contributed by atoms with Gasteiger partial charge in [0, 0.05) is 34.5 Å². The summed E-state index contributed by atoms with van der Waals surface area (Å²) in [7, 11) is 1.25. The van der Waals surface area contributed by atoms with Gasteiger partial charge in [0.15, 0.2) is 0 Å². The summed E-state index contributed by atoms with van der Waals surface area (Å²) in [6, 6.07) is 8.04. The van der Waals surface area contributed by atoms with Crippen LogP contribution in [-0.2, 0) is 20.7 Å². The molecule has 1 aromatic heterocycles. The number of ether oxygens (including phenoxy) is 1. The molecule has 3 rings (SSSR count). The van der Waals surface area contributed by atoms with Crippen LogP contribution in [0.3, 0.4) is 0 Å². The Balaban J connectivity index is 1.99. The number of aldehydes is 1. The highest BCUT2D eigenvalue weighted by Crippen LogP contribution is 2.36. The number of aliphatic hydroxyl groups is 1. The van der Waals surface area contributed by atoms with Crippen molar-refractivity contribution in [2.24, 2.45) is 11.8 Å². The van der Waals surface area contributed by atoms with Crippen molar-refractivity contribution in [3.8, 4) is 0 Å². The van der Waals surface area contributed by atoms with Crippen LogP contribution in [0, 0.1) is 11.8 Å². The maximum atomic E-state index is 12.1. The molecule has 2 aromatic rings. The van der Waals surface area contributed by atoms with Gasteiger partial charge in [-0.05, 0) is 31.0 Å². The van der Waals surface area contributed by atoms with Crippen molar-refractivity contribution in [1.29, 1.82) is 0 Å². The number of benzene rings is 1. The number of hydrogen-bond acceptors (Lipinski definition) is 5. The second-order valence-electron chi connectivity index (χ2n) is 6.69. The summed E-state index contributed by atoms with van der Waals surface area (Å²) >= 11 is 0. The van der Waals surface area contributed by atoms with E-state index in [4.69, 9.17) is 4.74 Å². The first kappa shape index (κ1) is 18.9. The maximum Gasteiger partial charge on any atom is 0.337 e. The minimum absolute atomic E-state index is 0.0690. The molecule has 0 saturated heterocycles. The molecular weight excluding hydrogens is 344 g/mol. The highest BCUT2D eigenvalue weighted by molar-refractivity contribution is 5.89. The van der Waals surface area contributed by atoms with Crippen molar-refractivity contribution < 1.29 is 19.4 Å². The molecule has 3 atom stereocenters. The number of carbonyl (C=O) groups is 2. The third kappa shape index (κ3) is 3.53. The van der Waals surface area contributed by atoms with Gasteiger partial charge in [0.25, 0.3) is 0 Å². The second kappa shape index (κ2) is 8.22. The van der Waals surface area contributed by atoms with E-state index in [9.17, 15) is 14.7 Å². The van der Waals surface area contributed by atoms with E-state index in [0.717, 1.165) is 36.7 Å². The van der Waals surface area contributed by atoms with E-state index in [-0.39, 0.29) is 11.6 Å². The first-order chi connectivity index (χ1) is 13.1. The van der Waals surface area contributed by atoms with Gasteiger partial charge in [0.2, 0.25) is 0 Å². The molecule has 27 heavy (non-hydrogen) atoms. The average molecular weight is 368 g/mol. The maximum absolute atomic E-state index is 12.1. The fraction of sp³-hybridized carbons (Fsp3) is 0.333. The van der Waals surface area contributed by atoms with E-state index in [1.54, 1.807) is 0 Å². The van der Waals surface area contributed by atoms with Crippen LogP contribution in [0.5, 0.6) is 0 Å². The first-order valence-electron chi connectivity index (χ1n) is 8.97. The lowest BCUT2D eigenvalue weighted by Gasteiger charge is -2.30. The molecule has 3 unspecified atom stereocenters. The fourth-order valence-corrected chi connectivity index (χ4v) is 3.94. The standard InChI is InChI=1S/C21H24N2O4/c1-3-13(11-24)16(17(12-25)21(26)27-2)10-19-20-15(8-9-22-19)14-6-4-5-7-18(14)23-20/h3-7,11-13,16,19,22-23,25H,1,8-10H2,2H3/b17-12-. The highest BCUT2D eigenvalue weighted by Gasteiger charge is 2.33. The zero-order chi connectivity index (χ0) is 19.4. The van der Waals surface area contributed by atoms with Gasteiger partial charge in [0.05, 0.1) is 18.9 Å². The number of carbonyl (C=O) groups excluding carboxylic acids is 2. The highest BCUT2D eigenvalue weighted by atomic mass is 16.5. The molecule has 0 spiro atoms. The Bertz CT molecular complexity index is 875. The third-order valence-corrected chi connectivity index (χ3v) is 5.30. The number of hydrogen-bond donors (Lipinski definition) is 3. The molecule has 1 aliphatic rings. The van der Waals surface area contributed by atoms with Crippen LogP contribution in [0.4, 0.5) is 0 Å². The molecule has 142 valence electrons. The van der Waals surface area contributed by atoms with Crippen molar-refractivity contribution >= 4 is 23.2 Å². The molecule has 6 heteroatoms. The minimum atomic E-state index is -0.649. The normalized spacial score (nSPS) is 19.1. The van der Waals surface area contributed by atoms with Gasteiger partial charge < -0.3 is 24.9 Å². The average Bonchev–Trinajstić information content (AvgIpc) is 3.09. The number of fused-ring (bicyclic) bond motifs is 3. The fourth-order valence-electron chi connectivity index (χ4n) is 3.94. The zero-order valence-corrected chi connectivity index (χ0v) is 15.3. The Kier molecular flexibility index (Phi) is 5.76. The van der Waals surface area contributed by atoms with Gasteiger partial charge in [-0.2, -0.15) is 0 Å². The van der Waals surface area contributed by atoms with E-state index in [0.29, 0.717) is 6.42 Å². The largest absolute Gasteiger partial charge is 0.515 e. The molecule has 1 aromatic carbocycles. The number of rotatable bonds is 7. The van der Waals surface area contributed by atoms with Gasteiger partial charge in [-0.15, -0.1) is 6.58 Å². The number of esters is 1. The number of aromatic nitrogens is 1. The van der Waals surface area contributed by atoms with Crippen LogP contribution in [-0.4, -0.2) is 36.0 Å². The third-order valence-electron chi connectivity index (χ3n) is 5.30. The SMILES string of the molecule is C=CC(C=O)C(CC1NCCc2c1[nH]c1ccccc21)/C(=C/O)C(=O)OC. The van der Waals surface area contributed by atoms with Crippen molar-refractivity contribution in [1.82, 2.24) is 10.3 Å². The number of methoxy groups -OCH3 is 1. The first-order valence-corrected chi connectivity index (χ1v) is 8.97. The number of allylic oxidation sites excluding steroid dienone is 1. The van der Waals surface area contributed by atoms with Gasteiger partial charge in [-0.3, -0.25) is 0 Å². The molecule has 0 aliphatic carbocycles. The van der Waals surface area contributed by atoms with Crippen molar-refractivity contribution in [2.75, 3.05) is 13.7 Å². The van der Waals surface area contributed by atoms with Crippen LogP contribution in [0.1, 0.15) is 23.7 Å². The number of aromatic amines is 1. The number of H-pyrrole nitrogens is 1. The van der Waals surface area contributed by atoms with E-state index >= 15 is 0 Å². The van der Waals surface area contributed by atoms with E-state index in [1.807, 2.05) is 18.2 Å². The molecule has 0 fully saturated rings. The Hall–Kier alpha value is -2.86. The lowest BCUT2D eigenvalue weighted by Crippen LogP contribution is -2.34. The monoisotopic (exact) mass is 368 g/mol. The summed E-state index contributed by atoms with van der Waals surface area (Å²) in [5.41, 5.74) is 3.44.